The van der Waals surface area contributed by atoms with E-state index in [1.807, 2.05) is 18.2 Å². The molecule has 7 heteroatoms. The van der Waals surface area contributed by atoms with E-state index in [-0.39, 0.29) is 17.8 Å². The predicted molar refractivity (Wildman–Crippen MR) is 111 cm³/mol. The summed E-state index contributed by atoms with van der Waals surface area (Å²) < 4.78 is 19.5. The Labute approximate surface area is 173 Å². The lowest BCUT2D eigenvalue weighted by Gasteiger charge is -2.34. The predicted octanol–water partition coefficient (Wildman–Crippen LogP) is 3.75. The Hall–Kier alpha value is -2.61. The van der Waals surface area contributed by atoms with Crippen molar-refractivity contribution in [2.24, 2.45) is 0 Å². The molecule has 1 N–H and O–H groups in total. The molecule has 1 fully saturated rings. The second kappa shape index (κ2) is 9.26. The average molecular weight is 412 g/mol. The number of carbonyl (C=O) groups is 1. The summed E-state index contributed by atoms with van der Waals surface area (Å²) in [6.07, 6.45) is 1.51. The summed E-state index contributed by atoms with van der Waals surface area (Å²) in [7, 11) is 0. The molecule has 1 amide bonds. The third-order valence-corrected chi connectivity index (χ3v) is 5.99. The molecule has 0 radical (unpaired) electrons. The van der Waals surface area contributed by atoms with Gasteiger partial charge in [-0.2, -0.15) is 0 Å². The molecule has 0 spiro atoms. The van der Waals surface area contributed by atoms with Crippen LogP contribution < -0.4 is 5.32 Å². The van der Waals surface area contributed by atoms with Gasteiger partial charge in [-0.05, 0) is 17.7 Å². The van der Waals surface area contributed by atoms with Gasteiger partial charge in [-0.15, -0.1) is 11.3 Å². The van der Waals surface area contributed by atoms with E-state index in [0.29, 0.717) is 35.2 Å². The van der Waals surface area contributed by atoms with Crippen LogP contribution in [-0.4, -0.2) is 48.6 Å². The van der Waals surface area contributed by atoms with Crippen molar-refractivity contribution < 1.29 is 13.9 Å². The molecule has 3 aromatic rings. The van der Waals surface area contributed by atoms with Crippen molar-refractivity contribution in [3.8, 4) is 10.6 Å². The second-order valence-corrected chi connectivity index (χ2v) is 7.83. The first-order valence-electron chi connectivity index (χ1n) is 9.58. The molecule has 1 aliphatic heterocycles. The number of nitrogens with zero attached hydrogens (tertiary/aromatic N) is 2. The average Bonchev–Trinajstić information content (AvgIpc) is 3.26. The van der Waals surface area contributed by atoms with E-state index in [1.165, 1.54) is 23.6 Å². The molecule has 1 aliphatic rings. The fourth-order valence-electron chi connectivity index (χ4n) is 3.44. The van der Waals surface area contributed by atoms with Gasteiger partial charge in [0, 0.05) is 25.2 Å². The van der Waals surface area contributed by atoms with E-state index in [0.717, 1.165) is 18.7 Å². The van der Waals surface area contributed by atoms with E-state index in [1.54, 1.807) is 18.2 Å². The zero-order chi connectivity index (χ0) is 20.1. The van der Waals surface area contributed by atoms with Crippen LogP contribution in [-0.2, 0) is 4.74 Å². The van der Waals surface area contributed by atoms with Gasteiger partial charge in [0.15, 0.2) is 0 Å². The summed E-state index contributed by atoms with van der Waals surface area (Å²) in [6, 6.07) is 16.7. The van der Waals surface area contributed by atoms with Crippen LogP contribution in [0.4, 0.5) is 4.39 Å². The number of halogens is 1. The summed E-state index contributed by atoms with van der Waals surface area (Å²) in [6.45, 7) is 3.52. The number of rotatable bonds is 6. The zero-order valence-corrected chi connectivity index (χ0v) is 16.7. The van der Waals surface area contributed by atoms with Crippen LogP contribution in [0.2, 0.25) is 0 Å². The molecule has 1 saturated heterocycles. The van der Waals surface area contributed by atoms with Gasteiger partial charge in [0.2, 0.25) is 0 Å². The highest BCUT2D eigenvalue weighted by Gasteiger charge is 2.23. The molecule has 1 atom stereocenters. The first-order chi connectivity index (χ1) is 14.2. The molecular weight excluding hydrogens is 389 g/mol. The first kappa shape index (κ1) is 19.7. The molecular formula is C22H22FN3O2S. The van der Waals surface area contributed by atoms with Crippen LogP contribution in [0.1, 0.15) is 21.3 Å². The minimum Gasteiger partial charge on any atom is -0.379 e. The molecule has 0 aliphatic carbocycles. The van der Waals surface area contributed by atoms with E-state index >= 15 is 0 Å². The first-order valence-corrected chi connectivity index (χ1v) is 10.4. The van der Waals surface area contributed by atoms with Gasteiger partial charge in [-0.1, -0.05) is 42.5 Å². The van der Waals surface area contributed by atoms with Crippen molar-refractivity contribution in [2.75, 3.05) is 32.8 Å². The molecule has 29 heavy (non-hydrogen) atoms. The number of hydrogen-bond acceptors (Lipinski definition) is 5. The lowest BCUT2D eigenvalue weighted by molar-refractivity contribution is 0.0162. The minimum atomic E-state index is -0.342. The number of nitrogens with one attached hydrogen (secondary N) is 1. The van der Waals surface area contributed by atoms with Crippen molar-refractivity contribution in [3.63, 3.8) is 0 Å². The molecule has 0 bridgehead atoms. The number of benzene rings is 2. The molecule has 4 rings (SSSR count). The summed E-state index contributed by atoms with van der Waals surface area (Å²) >= 11 is 1.19. The maximum absolute atomic E-state index is 14.0. The van der Waals surface area contributed by atoms with Crippen LogP contribution in [0.15, 0.2) is 60.8 Å². The fourth-order valence-corrected chi connectivity index (χ4v) is 4.30. The lowest BCUT2D eigenvalue weighted by Crippen LogP contribution is -2.43. The summed E-state index contributed by atoms with van der Waals surface area (Å²) in [5.74, 6) is -0.537. The van der Waals surface area contributed by atoms with E-state index < -0.39 is 0 Å². The molecule has 2 heterocycles. The molecule has 1 aromatic heterocycles. The molecule has 2 aromatic carbocycles. The Morgan fingerprint density at radius 2 is 1.86 bits per heavy atom. The standard InChI is InChI=1S/C22H22FN3O2S/c23-18-9-5-4-8-17(18)22-25-15-20(29-22)21(27)24-14-19(16-6-2-1-3-7-16)26-10-12-28-13-11-26/h1-9,15,19H,10-14H2,(H,24,27). The number of amides is 1. The highest BCUT2D eigenvalue weighted by molar-refractivity contribution is 7.16. The third-order valence-electron chi connectivity index (χ3n) is 4.96. The number of carbonyl (C=O) groups excluding carboxylic acids is 1. The van der Waals surface area contributed by atoms with Gasteiger partial charge >= 0.3 is 0 Å². The van der Waals surface area contributed by atoms with Gasteiger partial charge in [0.1, 0.15) is 15.7 Å². The van der Waals surface area contributed by atoms with Gasteiger partial charge in [0.05, 0.1) is 25.5 Å². The molecule has 1 unspecified atom stereocenters. The van der Waals surface area contributed by atoms with Crippen LogP contribution in [0.5, 0.6) is 0 Å². The van der Waals surface area contributed by atoms with Crippen molar-refractivity contribution >= 4 is 17.2 Å². The summed E-state index contributed by atoms with van der Waals surface area (Å²) in [5.41, 5.74) is 1.57. The Morgan fingerprint density at radius 1 is 1.14 bits per heavy atom. The van der Waals surface area contributed by atoms with Crippen LogP contribution in [0.25, 0.3) is 10.6 Å². The number of aromatic nitrogens is 1. The maximum Gasteiger partial charge on any atom is 0.263 e. The van der Waals surface area contributed by atoms with Gasteiger partial charge in [-0.25, -0.2) is 9.37 Å². The van der Waals surface area contributed by atoms with E-state index in [2.05, 4.69) is 27.3 Å². The maximum atomic E-state index is 14.0. The second-order valence-electron chi connectivity index (χ2n) is 6.79. The molecule has 150 valence electrons. The molecule has 0 saturated carbocycles. The largest absolute Gasteiger partial charge is 0.379 e. The number of morpholine rings is 1. The highest BCUT2D eigenvalue weighted by Crippen LogP contribution is 2.27. The Kier molecular flexibility index (Phi) is 6.29. The Morgan fingerprint density at radius 3 is 2.62 bits per heavy atom. The lowest BCUT2D eigenvalue weighted by atomic mass is 10.0. The summed E-state index contributed by atoms with van der Waals surface area (Å²) in [5, 5.41) is 3.53. The summed E-state index contributed by atoms with van der Waals surface area (Å²) in [4.78, 5) is 19.7. The quantitative estimate of drug-likeness (QED) is 0.671. The number of ether oxygens (including phenoxy) is 1. The zero-order valence-electron chi connectivity index (χ0n) is 15.9. The minimum absolute atomic E-state index is 0.0722. The topological polar surface area (TPSA) is 54.5 Å². The van der Waals surface area contributed by atoms with Crippen molar-refractivity contribution in [1.82, 2.24) is 15.2 Å². The smallest absolute Gasteiger partial charge is 0.263 e. The normalized spacial score (nSPS) is 15.8. The van der Waals surface area contributed by atoms with Crippen molar-refractivity contribution in [1.29, 1.82) is 0 Å². The van der Waals surface area contributed by atoms with Crippen molar-refractivity contribution in [3.05, 3.63) is 77.1 Å². The fraction of sp³-hybridized carbons (Fsp3) is 0.273. The number of thiazole rings is 1. The van der Waals surface area contributed by atoms with E-state index in [9.17, 15) is 9.18 Å². The van der Waals surface area contributed by atoms with Gasteiger partial charge < -0.3 is 10.1 Å². The monoisotopic (exact) mass is 411 g/mol. The number of hydrogen-bond donors (Lipinski definition) is 1. The Balaban J connectivity index is 1.46. The highest BCUT2D eigenvalue weighted by atomic mass is 32.1. The van der Waals surface area contributed by atoms with Crippen LogP contribution >= 0.6 is 11.3 Å². The van der Waals surface area contributed by atoms with Gasteiger partial charge in [-0.3, -0.25) is 9.69 Å². The van der Waals surface area contributed by atoms with Gasteiger partial charge in [0.25, 0.3) is 5.91 Å². The Bertz CT molecular complexity index is 957. The van der Waals surface area contributed by atoms with Crippen molar-refractivity contribution in [2.45, 2.75) is 6.04 Å². The SMILES string of the molecule is O=C(NCC(c1ccccc1)N1CCOCC1)c1cnc(-c2ccccc2F)s1. The van der Waals surface area contributed by atoms with E-state index in [4.69, 9.17) is 4.74 Å². The van der Waals surface area contributed by atoms with Crippen LogP contribution in [0, 0.1) is 5.82 Å². The third kappa shape index (κ3) is 4.70. The molecule has 5 nitrogen and oxygen atoms in total. The van der Waals surface area contributed by atoms with Crippen LogP contribution in [0.3, 0.4) is 0 Å².